The fraction of sp³-hybridized carbons (Fsp3) is 0.133. The van der Waals surface area contributed by atoms with E-state index in [9.17, 15) is 4.79 Å². The third kappa shape index (κ3) is 3.89. The molecule has 2 rings (SSSR count). The van der Waals surface area contributed by atoms with E-state index in [0.717, 1.165) is 10.2 Å². The van der Waals surface area contributed by atoms with E-state index in [2.05, 4.69) is 26.6 Å². The van der Waals surface area contributed by atoms with Crippen LogP contribution in [0.3, 0.4) is 0 Å². The van der Waals surface area contributed by atoms with Crippen molar-refractivity contribution in [1.82, 2.24) is 5.32 Å². The predicted octanol–water partition coefficient (Wildman–Crippen LogP) is 4.18. The van der Waals surface area contributed by atoms with Gasteiger partial charge in [-0.25, -0.2) is 0 Å². The maximum atomic E-state index is 11.9. The van der Waals surface area contributed by atoms with Crippen molar-refractivity contribution >= 4 is 50.5 Å². The molecule has 0 saturated carbocycles. The van der Waals surface area contributed by atoms with E-state index in [1.165, 1.54) is 0 Å². The number of hydrogen-bond donors (Lipinski definition) is 3. The van der Waals surface area contributed by atoms with Crippen LogP contribution in [0, 0.1) is 0 Å². The highest BCUT2D eigenvalue weighted by molar-refractivity contribution is 9.10. The Morgan fingerprint density at radius 3 is 2.71 bits per heavy atom. The molecule has 0 heterocycles. The molecule has 1 amide bonds. The van der Waals surface area contributed by atoms with Gasteiger partial charge in [-0.15, -0.1) is 0 Å². The minimum atomic E-state index is -0.130. The summed E-state index contributed by atoms with van der Waals surface area (Å²) in [4.78, 5) is 11.9. The lowest BCUT2D eigenvalue weighted by Crippen LogP contribution is -2.22. The Labute approximate surface area is 136 Å². The summed E-state index contributed by atoms with van der Waals surface area (Å²) in [7, 11) is 0. The van der Waals surface area contributed by atoms with E-state index in [4.69, 9.17) is 17.3 Å². The molecule has 0 radical (unpaired) electrons. The van der Waals surface area contributed by atoms with Crippen LogP contribution in [0.4, 0.5) is 17.1 Å². The van der Waals surface area contributed by atoms with E-state index in [1.807, 2.05) is 19.1 Å². The number of carbonyl (C=O) groups excluding carboxylic acids is 1. The summed E-state index contributed by atoms with van der Waals surface area (Å²) >= 11 is 9.40. The Morgan fingerprint density at radius 2 is 2.05 bits per heavy atom. The molecule has 0 aromatic heterocycles. The second-order valence-electron chi connectivity index (χ2n) is 4.42. The van der Waals surface area contributed by atoms with Gasteiger partial charge in [0, 0.05) is 22.3 Å². The Bertz CT molecular complexity index is 676. The van der Waals surface area contributed by atoms with Crippen molar-refractivity contribution in [3.05, 3.63) is 51.5 Å². The van der Waals surface area contributed by atoms with Crippen molar-refractivity contribution < 1.29 is 4.79 Å². The minimum absolute atomic E-state index is 0.130. The highest BCUT2D eigenvalue weighted by Crippen LogP contribution is 2.29. The lowest BCUT2D eigenvalue weighted by atomic mass is 10.1. The molecule has 0 atom stereocenters. The Morgan fingerprint density at radius 1 is 1.29 bits per heavy atom. The van der Waals surface area contributed by atoms with Gasteiger partial charge in [-0.05, 0) is 59.3 Å². The molecule has 0 unspecified atom stereocenters. The van der Waals surface area contributed by atoms with Crippen LogP contribution in [0.15, 0.2) is 40.9 Å². The highest BCUT2D eigenvalue weighted by atomic mass is 79.9. The van der Waals surface area contributed by atoms with Crippen LogP contribution in [0.1, 0.15) is 17.3 Å². The van der Waals surface area contributed by atoms with Crippen molar-refractivity contribution in [3.63, 3.8) is 0 Å². The fourth-order valence-electron chi connectivity index (χ4n) is 1.80. The average Bonchev–Trinajstić information content (AvgIpc) is 2.45. The second-order valence-corrected chi connectivity index (χ2v) is 5.68. The summed E-state index contributed by atoms with van der Waals surface area (Å²) in [5, 5.41) is 6.52. The number of halogens is 2. The minimum Gasteiger partial charge on any atom is -0.397 e. The van der Waals surface area contributed by atoms with Crippen LogP contribution < -0.4 is 16.4 Å². The molecule has 0 spiro atoms. The molecule has 0 aliphatic heterocycles. The van der Waals surface area contributed by atoms with E-state index in [-0.39, 0.29) is 5.91 Å². The number of anilines is 3. The number of benzene rings is 2. The molecule has 4 nitrogen and oxygen atoms in total. The number of carbonyl (C=O) groups is 1. The van der Waals surface area contributed by atoms with E-state index in [0.29, 0.717) is 28.5 Å². The Hall–Kier alpha value is -1.72. The lowest BCUT2D eigenvalue weighted by molar-refractivity contribution is 0.0956. The molecule has 0 fully saturated rings. The second kappa shape index (κ2) is 6.83. The zero-order valence-electron chi connectivity index (χ0n) is 11.4. The molecule has 0 aliphatic rings. The lowest BCUT2D eigenvalue weighted by Gasteiger charge is -2.12. The van der Waals surface area contributed by atoms with Gasteiger partial charge in [-0.1, -0.05) is 11.6 Å². The predicted molar refractivity (Wildman–Crippen MR) is 91.3 cm³/mol. The number of hydrogen-bond acceptors (Lipinski definition) is 3. The van der Waals surface area contributed by atoms with Crippen LogP contribution >= 0.6 is 27.5 Å². The van der Waals surface area contributed by atoms with Gasteiger partial charge < -0.3 is 16.4 Å². The summed E-state index contributed by atoms with van der Waals surface area (Å²) in [6.45, 7) is 2.45. The Kier molecular flexibility index (Phi) is 5.09. The maximum Gasteiger partial charge on any atom is 0.251 e. The number of rotatable bonds is 4. The van der Waals surface area contributed by atoms with E-state index >= 15 is 0 Å². The SMILES string of the molecule is CCNC(=O)c1ccc(N)c(Nc2ccc(Br)c(Cl)c2)c1. The quantitative estimate of drug-likeness (QED) is 0.709. The molecule has 2 aromatic carbocycles. The molecule has 0 saturated heterocycles. The van der Waals surface area contributed by atoms with Gasteiger partial charge >= 0.3 is 0 Å². The van der Waals surface area contributed by atoms with Gasteiger partial charge in [0.1, 0.15) is 0 Å². The molecular formula is C15H15BrClN3O. The van der Waals surface area contributed by atoms with Crippen LogP contribution in [0.25, 0.3) is 0 Å². The first kappa shape index (κ1) is 15.7. The van der Waals surface area contributed by atoms with E-state index < -0.39 is 0 Å². The summed E-state index contributed by atoms with van der Waals surface area (Å²) < 4.78 is 0.818. The van der Waals surface area contributed by atoms with Crippen molar-refractivity contribution in [1.29, 1.82) is 0 Å². The topological polar surface area (TPSA) is 67.2 Å². The summed E-state index contributed by atoms with van der Waals surface area (Å²) in [6, 6.07) is 10.6. The standard InChI is InChI=1S/C15H15BrClN3O/c1-2-19-15(21)9-3-6-13(18)14(7-9)20-10-4-5-11(16)12(17)8-10/h3-8,20H,2,18H2,1H3,(H,19,21). The third-order valence-electron chi connectivity index (χ3n) is 2.85. The van der Waals surface area contributed by atoms with Gasteiger partial charge in [0.05, 0.1) is 16.4 Å². The summed E-state index contributed by atoms with van der Waals surface area (Å²) in [6.07, 6.45) is 0. The fourth-order valence-corrected chi connectivity index (χ4v) is 2.22. The summed E-state index contributed by atoms with van der Waals surface area (Å²) in [5.41, 5.74) is 8.51. The largest absolute Gasteiger partial charge is 0.397 e. The van der Waals surface area contributed by atoms with Gasteiger partial charge in [0.25, 0.3) is 5.91 Å². The maximum absolute atomic E-state index is 11.9. The third-order valence-corrected chi connectivity index (χ3v) is 4.08. The van der Waals surface area contributed by atoms with Crippen molar-refractivity contribution in [2.75, 3.05) is 17.6 Å². The number of nitrogens with one attached hydrogen (secondary N) is 2. The van der Waals surface area contributed by atoms with Gasteiger partial charge in [0.2, 0.25) is 0 Å². The first-order valence-electron chi connectivity index (χ1n) is 6.41. The monoisotopic (exact) mass is 367 g/mol. The zero-order valence-corrected chi connectivity index (χ0v) is 13.8. The molecule has 6 heteroatoms. The van der Waals surface area contributed by atoms with Crippen LogP contribution in [-0.4, -0.2) is 12.5 Å². The van der Waals surface area contributed by atoms with Crippen LogP contribution in [0.5, 0.6) is 0 Å². The number of nitrogens with two attached hydrogens (primary N) is 1. The van der Waals surface area contributed by atoms with Crippen molar-refractivity contribution in [2.24, 2.45) is 0 Å². The normalized spacial score (nSPS) is 10.2. The van der Waals surface area contributed by atoms with Crippen molar-refractivity contribution in [3.8, 4) is 0 Å². The van der Waals surface area contributed by atoms with Crippen molar-refractivity contribution in [2.45, 2.75) is 6.92 Å². The molecular weight excluding hydrogens is 354 g/mol. The van der Waals surface area contributed by atoms with Crippen LogP contribution in [0.2, 0.25) is 5.02 Å². The highest BCUT2D eigenvalue weighted by Gasteiger charge is 2.08. The zero-order chi connectivity index (χ0) is 15.4. The molecule has 21 heavy (non-hydrogen) atoms. The van der Waals surface area contributed by atoms with Gasteiger partial charge in [-0.2, -0.15) is 0 Å². The Balaban J connectivity index is 2.28. The molecule has 0 bridgehead atoms. The van der Waals surface area contributed by atoms with Crippen LogP contribution in [-0.2, 0) is 0 Å². The van der Waals surface area contributed by atoms with Gasteiger partial charge in [-0.3, -0.25) is 4.79 Å². The average molecular weight is 369 g/mol. The smallest absolute Gasteiger partial charge is 0.251 e. The first-order chi connectivity index (χ1) is 10.0. The first-order valence-corrected chi connectivity index (χ1v) is 7.58. The molecule has 0 aliphatic carbocycles. The van der Waals surface area contributed by atoms with Gasteiger partial charge in [0.15, 0.2) is 0 Å². The summed E-state index contributed by atoms with van der Waals surface area (Å²) in [5.74, 6) is -0.130. The molecule has 2 aromatic rings. The number of nitrogen functional groups attached to an aromatic ring is 1. The number of amides is 1. The molecule has 4 N–H and O–H groups in total. The molecule has 110 valence electrons. The van der Waals surface area contributed by atoms with E-state index in [1.54, 1.807) is 24.3 Å².